The van der Waals surface area contributed by atoms with Crippen LogP contribution in [0.25, 0.3) is 0 Å². The van der Waals surface area contributed by atoms with Crippen molar-refractivity contribution in [3.8, 4) is 0 Å². The van der Waals surface area contributed by atoms with E-state index in [9.17, 15) is 21.6 Å². The molecule has 184 valence electrons. The molecular weight excluding hydrogens is 465 g/mol. The van der Waals surface area contributed by atoms with E-state index in [1.165, 1.54) is 51.2 Å². The van der Waals surface area contributed by atoms with Gasteiger partial charge in [-0.2, -0.15) is 13.2 Å². The van der Waals surface area contributed by atoms with E-state index in [4.69, 9.17) is 4.74 Å². The van der Waals surface area contributed by atoms with Crippen molar-refractivity contribution < 1.29 is 26.3 Å². The third-order valence-electron chi connectivity index (χ3n) is 7.50. The second kappa shape index (κ2) is 8.75. The minimum absolute atomic E-state index is 0.0432. The Balaban J connectivity index is 1.41. The molecule has 2 heterocycles. The topological polar surface area (TPSA) is 67.4 Å². The van der Waals surface area contributed by atoms with Gasteiger partial charge in [-0.25, -0.2) is 8.42 Å². The van der Waals surface area contributed by atoms with Gasteiger partial charge < -0.3 is 10.1 Å². The van der Waals surface area contributed by atoms with Gasteiger partial charge in [0.05, 0.1) is 16.6 Å². The molecule has 2 N–H and O–H groups in total. The normalized spacial score (nSPS) is 25.4. The predicted octanol–water partition coefficient (Wildman–Crippen LogP) is 6.27. The van der Waals surface area contributed by atoms with Crippen molar-refractivity contribution in [2.45, 2.75) is 68.7 Å². The zero-order valence-electron chi connectivity index (χ0n) is 19.0. The van der Waals surface area contributed by atoms with Gasteiger partial charge in [0.15, 0.2) is 0 Å². The number of benzene rings is 2. The lowest BCUT2D eigenvalue weighted by atomic mass is 9.73. The smallest absolute Gasteiger partial charge is 0.381 e. The summed E-state index contributed by atoms with van der Waals surface area (Å²) in [5.41, 5.74) is 1.00. The molecular formula is C25H29F3N2O3S. The average molecular weight is 495 g/mol. The molecule has 9 heteroatoms. The summed E-state index contributed by atoms with van der Waals surface area (Å²) in [7, 11) is -3.99. The number of hydrogen-bond acceptors (Lipinski definition) is 4. The average Bonchev–Trinajstić information content (AvgIpc) is 3.28. The summed E-state index contributed by atoms with van der Waals surface area (Å²) in [6.45, 7) is 1.96. The molecule has 3 aliphatic rings. The van der Waals surface area contributed by atoms with E-state index < -0.39 is 21.8 Å². The van der Waals surface area contributed by atoms with Gasteiger partial charge in [-0.15, -0.1) is 0 Å². The first-order chi connectivity index (χ1) is 16.1. The summed E-state index contributed by atoms with van der Waals surface area (Å²) in [5, 5.41) is 3.69. The summed E-state index contributed by atoms with van der Waals surface area (Å²) >= 11 is 0. The number of hydrogen-bond donors (Lipinski definition) is 2. The van der Waals surface area contributed by atoms with Crippen LogP contribution in [-0.4, -0.2) is 21.1 Å². The first-order valence-electron chi connectivity index (χ1n) is 11.9. The van der Waals surface area contributed by atoms with Gasteiger partial charge in [-0.1, -0.05) is 19.3 Å². The fraction of sp³-hybridized carbons (Fsp3) is 0.520. The van der Waals surface area contributed by atoms with Crippen LogP contribution in [0.2, 0.25) is 0 Å². The van der Waals surface area contributed by atoms with Crippen LogP contribution in [0.15, 0.2) is 41.3 Å². The molecule has 1 saturated carbocycles. The Morgan fingerprint density at radius 2 is 1.79 bits per heavy atom. The zero-order valence-corrected chi connectivity index (χ0v) is 19.8. The van der Waals surface area contributed by atoms with Crippen molar-refractivity contribution in [2.24, 2.45) is 11.8 Å². The minimum Gasteiger partial charge on any atom is -0.381 e. The van der Waals surface area contributed by atoms with E-state index in [-0.39, 0.29) is 22.3 Å². The Bertz CT molecular complexity index is 1180. The largest absolute Gasteiger partial charge is 0.416 e. The second-order valence-corrected chi connectivity index (χ2v) is 11.4. The standard InChI is InChI=1S/C25H29F3N2O3S/c1-15-13-17(7-9-21(15)25(26,27)28)30-34(31,32)18-8-10-22-20(14-18)24-19(11-12-33-24)23(29-22)16-5-3-2-4-6-16/h7-10,13-14,16,19,23-24,29-30H,2-6,11-12H2,1H3/t19-,23?,24?/m0/s1. The Hall–Kier alpha value is -2.26. The van der Waals surface area contributed by atoms with Crippen LogP contribution in [0.4, 0.5) is 24.5 Å². The van der Waals surface area contributed by atoms with E-state index in [1.54, 1.807) is 12.1 Å². The van der Waals surface area contributed by atoms with E-state index in [2.05, 4.69) is 10.0 Å². The van der Waals surface area contributed by atoms with Gasteiger partial charge in [0.1, 0.15) is 0 Å². The number of fused-ring (bicyclic) bond motifs is 3. The van der Waals surface area contributed by atoms with E-state index in [0.29, 0.717) is 24.5 Å². The Morgan fingerprint density at radius 3 is 2.50 bits per heavy atom. The van der Waals surface area contributed by atoms with Crippen molar-refractivity contribution >= 4 is 21.4 Å². The quantitative estimate of drug-likeness (QED) is 0.526. The molecule has 34 heavy (non-hydrogen) atoms. The van der Waals surface area contributed by atoms with Crippen LogP contribution < -0.4 is 10.0 Å². The number of sulfonamides is 1. The van der Waals surface area contributed by atoms with Crippen molar-refractivity contribution in [2.75, 3.05) is 16.6 Å². The maximum absolute atomic E-state index is 13.1. The Kier molecular flexibility index (Phi) is 6.04. The van der Waals surface area contributed by atoms with Gasteiger partial charge in [-0.05, 0) is 74.1 Å². The molecule has 1 aliphatic carbocycles. The zero-order chi connectivity index (χ0) is 24.1. The van der Waals surface area contributed by atoms with E-state index in [0.717, 1.165) is 29.8 Å². The van der Waals surface area contributed by atoms with Crippen LogP contribution >= 0.6 is 0 Å². The molecule has 1 saturated heterocycles. The molecule has 2 unspecified atom stereocenters. The number of halogens is 3. The molecule has 0 amide bonds. The second-order valence-electron chi connectivity index (χ2n) is 9.69. The highest BCUT2D eigenvalue weighted by molar-refractivity contribution is 7.92. The highest BCUT2D eigenvalue weighted by Crippen LogP contribution is 2.49. The van der Waals surface area contributed by atoms with Crippen LogP contribution in [0.5, 0.6) is 0 Å². The predicted molar refractivity (Wildman–Crippen MR) is 124 cm³/mol. The third-order valence-corrected chi connectivity index (χ3v) is 8.88. The highest BCUT2D eigenvalue weighted by atomic mass is 32.2. The van der Waals surface area contributed by atoms with Crippen molar-refractivity contribution in [3.63, 3.8) is 0 Å². The number of aryl methyl sites for hydroxylation is 1. The van der Waals surface area contributed by atoms with Gasteiger partial charge in [0.2, 0.25) is 0 Å². The molecule has 3 atom stereocenters. The van der Waals surface area contributed by atoms with Gasteiger partial charge >= 0.3 is 6.18 Å². The molecule has 2 aromatic rings. The van der Waals surface area contributed by atoms with Crippen LogP contribution in [-0.2, 0) is 20.9 Å². The maximum Gasteiger partial charge on any atom is 0.416 e. The highest BCUT2D eigenvalue weighted by Gasteiger charge is 2.44. The van der Waals surface area contributed by atoms with Gasteiger partial charge in [-0.3, -0.25) is 4.72 Å². The monoisotopic (exact) mass is 494 g/mol. The fourth-order valence-electron chi connectivity index (χ4n) is 5.88. The summed E-state index contributed by atoms with van der Waals surface area (Å²) in [5.74, 6) is 0.906. The number of anilines is 2. The lowest BCUT2D eigenvalue weighted by Gasteiger charge is -2.42. The molecule has 0 bridgehead atoms. The molecule has 5 nitrogen and oxygen atoms in total. The van der Waals surface area contributed by atoms with Crippen molar-refractivity contribution in [1.82, 2.24) is 0 Å². The lowest BCUT2D eigenvalue weighted by molar-refractivity contribution is -0.138. The molecule has 2 aromatic carbocycles. The minimum atomic E-state index is -4.49. The van der Waals surface area contributed by atoms with E-state index in [1.807, 2.05) is 0 Å². The molecule has 2 aliphatic heterocycles. The SMILES string of the molecule is Cc1cc(NS(=O)(=O)c2ccc3c(c2)C2OCC[C@H]2C(C2CCCCC2)N3)ccc1C(F)(F)F. The summed E-state index contributed by atoms with van der Waals surface area (Å²) in [6.07, 6.45) is 2.51. The van der Waals surface area contributed by atoms with Gasteiger partial charge in [0, 0.05) is 35.5 Å². The molecule has 2 fully saturated rings. The first kappa shape index (κ1) is 23.5. The van der Waals surface area contributed by atoms with Gasteiger partial charge in [0.25, 0.3) is 10.0 Å². The third kappa shape index (κ3) is 4.40. The number of ether oxygens (including phenoxy) is 1. The summed E-state index contributed by atoms with van der Waals surface area (Å²) < 4.78 is 73.8. The number of nitrogens with one attached hydrogen (secondary N) is 2. The first-order valence-corrected chi connectivity index (χ1v) is 13.3. The summed E-state index contributed by atoms with van der Waals surface area (Å²) in [6, 6.07) is 8.53. The summed E-state index contributed by atoms with van der Waals surface area (Å²) in [4.78, 5) is 0.0657. The number of alkyl halides is 3. The van der Waals surface area contributed by atoms with Crippen LogP contribution in [0.1, 0.15) is 61.3 Å². The lowest BCUT2D eigenvalue weighted by Crippen LogP contribution is -2.42. The number of rotatable bonds is 4. The Morgan fingerprint density at radius 1 is 1.03 bits per heavy atom. The van der Waals surface area contributed by atoms with Crippen LogP contribution in [0, 0.1) is 18.8 Å². The molecule has 0 aromatic heterocycles. The molecule has 0 radical (unpaired) electrons. The van der Waals surface area contributed by atoms with Crippen molar-refractivity contribution in [3.05, 3.63) is 53.1 Å². The fourth-order valence-corrected chi connectivity index (χ4v) is 6.96. The van der Waals surface area contributed by atoms with E-state index >= 15 is 0 Å². The molecule has 5 rings (SSSR count). The molecule has 0 spiro atoms. The maximum atomic E-state index is 13.1. The Labute approximate surface area is 198 Å². The van der Waals surface area contributed by atoms with Crippen molar-refractivity contribution in [1.29, 1.82) is 0 Å². The van der Waals surface area contributed by atoms with Crippen LogP contribution in [0.3, 0.4) is 0 Å².